The predicted octanol–water partition coefficient (Wildman–Crippen LogP) is 1.21. The lowest BCUT2D eigenvalue weighted by molar-refractivity contribution is -0.121. The van der Waals surface area contributed by atoms with Crippen LogP contribution in [0, 0.1) is 17.2 Å². The van der Waals surface area contributed by atoms with Crippen LogP contribution in [0.2, 0.25) is 0 Å². The van der Waals surface area contributed by atoms with Gasteiger partial charge >= 0.3 is 0 Å². The molecule has 1 aliphatic carbocycles. The van der Waals surface area contributed by atoms with Gasteiger partial charge in [0.05, 0.1) is 5.69 Å². The number of aliphatic hydroxyl groups is 1. The van der Waals surface area contributed by atoms with Crippen LogP contribution in [-0.4, -0.2) is 33.1 Å². The van der Waals surface area contributed by atoms with Crippen LogP contribution < -0.4 is 16.4 Å². The molecule has 1 aliphatic rings. The van der Waals surface area contributed by atoms with Gasteiger partial charge in [-0.1, -0.05) is 0 Å². The summed E-state index contributed by atoms with van der Waals surface area (Å²) >= 11 is 0. The number of nitrogens with two attached hydrogens (primary N) is 1. The average molecular weight is 344 g/mol. The molecule has 1 saturated carbocycles. The molecule has 0 aromatic carbocycles. The zero-order valence-electron chi connectivity index (χ0n) is 14.0. The van der Waals surface area contributed by atoms with Crippen LogP contribution in [0.25, 0.3) is 11.0 Å². The maximum atomic E-state index is 12.6. The first kappa shape index (κ1) is 17.2. The second-order valence-electron chi connectivity index (χ2n) is 6.52. The predicted molar refractivity (Wildman–Crippen MR) is 95.9 cm³/mol. The van der Waals surface area contributed by atoms with Crippen LogP contribution in [0.4, 0.5) is 5.69 Å². The number of aromatic nitrogens is 2. The third-order valence-corrected chi connectivity index (χ3v) is 4.87. The summed E-state index contributed by atoms with van der Waals surface area (Å²) in [6.07, 6.45) is 6.95. The van der Waals surface area contributed by atoms with Crippen molar-refractivity contribution in [1.29, 1.82) is 5.41 Å². The number of amides is 1. The van der Waals surface area contributed by atoms with E-state index in [1.807, 2.05) is 6.07 Å². The summed E-state index contributed by atoms with van der Waals surface area (Å²) in [6.45, 7) is 0.551. The number of carbonyl (C=O) groups excluding carboxylic acids is 1. The van der Waals surface area contributed by atoms with E-state index < -0.39 is 0 Å². The van der Waals surface area contributed by atoms with Gasteiger partial charge in [-0.15, -0.1) is 0 Å². The smallest absolute Gasteiger partial charge is 0.227 e. The Hall–Kier alpha value is -2.61. The average Bonchev–Trinajstić information content (AvgIpc) is 3.04. The van der Waals surface area contributed by atoms with Crippen molar-refractivity contribution in [2.45, 2.75) is 32.4 Å². The van der Waals surface area contributed by atoms with Crippen molar-refractivity contribution in [3.8, 4) is 0 Å². The molecule has 2 heterocycles. The fourth-order valence-electron chi connectivity index (χ4n) is 3.43. The van der Waals surface area contributed by atoms with E-state index in [-0.39, 0.29) is 24.5 Å². The maximum Gasteiger partial charge on any atom is 0.227 e. The molecule has 25 heavy (non-hydrogen) atoms. The summed E-state index contributed by atoms with van der Waals surface area (Å²) < 4.78 is 1.62. The minimum absolute atomic E-state index is 0.00304. The Kier molecular flexibility index (Phi) is 5.18. The topological polar surface area (TPSA) is 129 Å². The van der Waals surface area contributed by atoms with Gasteiger partial charge in [0.1, 0.15) is 12.4 Å². The number of fused-ring (bicyclic) bond motifs is 1. The number of rotatable bonds is 5. The molecule has 1 amide bonds. The third-order valence-electron chi connectivity index (χ3n) is 4.87. The number of nitrogens with one attached hydrogen (secondary N) is 3. The Labute approximate surface area is 145 Å². The molecule has 3 rings (SSSR count). The molecule has 2 aromatic rings. The Morgan fingerprint density at radius 2 is 2.12 bits per heavy atom. The lowest BCUT2D eigenvalue weighted by Crippen LogP contribution is -2.36. The van der Waals surface area contributed by atoms with Crippen LogP contribution in [0.1, 0.15) is 25.7 Å². The lowest BCUT2D eigenvalue weighted by Gasteiger charge is -2.28. The highest BCUT2D eigenvalue weighted by Gasteiger charge is 2.26. The van der Waals surface area contributed by atoms with Gasteiger partial charge in [-0.25, -0.2) is 4.98 Å². The number of aliphatic hydroxyl groups excluding tert-OH is 1. The minimum atomic E-state index is -0.147. The van der Waals surface area contributed by atoms with Crippen molar-refractivity contribution < 1.29 is 9.90 Å². The molecule has 8 heteroatoms. The molecule has 8 nitrogen and oxygen atoms in total. The highest BCUT2D eigenvalue weighted by Crippen LogP contribution is 2.30. The summed E-state index contributed by atoms with van der Waals surface area (Å²) in [5.74, 6) is 0.481. The molecule has 6 N–H and O–H groups in total. The molecule has 2 aromatic heterocycles. The first-order valence-electron chi connectivity index (χ1n) is 8.52. The monoisotopic (exact) mass is 344 g/mol. The highest BCUT2D eigenvalue weighted by molar-refractivity contribution is 6.01. The Morgan fingerprint density at radius 3 is 2.80 bits per heavy atom. The second kappa shape index (κ2) is 7.52. The first-order chi connectivity index (χ1) is 12.1. The Morgan fingerprint density at radius 1 is 1.36 bits per heavy atom. The molecule has 0 aliphatic heterocycles. The first-order valence-corrected chi connectivity index (χ1v) is 8.52. The lowest BCUT2D eigenvalue weighted by atomic mass is 9.81. The van der Waals surface area contributed by atoms with Crippen molar-refractivity contribution in [1.82, 2.24) is 14.9 Å². The fourth-order valence-corrected chi connectivity index (χ4v) is 3.43. The number of guanidine groups is 1. The quantitative estimate of drug-likeness (QED) is 0.411. The zero-order valence-corrected chi connectivity index (χ0v) is 14.0. The summed E-state index contributed by atoms with van der Waals surface area (Å²) in [5.41, 5.74) is 6.69. The van der Waals surface area contributed by atoms with E-state index in [0.717, 1.165) is 36.8 Å². The maximum absolute atomic E-state index is 12.6. The van der Waals surface area contributed by atoms with Gasteiger partial charge in [-0.2, -0.15) is 0 Å². The van der Waals surface area contributed by atoms with E-state index >= 15 is 0 Å². The molecular weight excluding hydrogens is 320 g/mol. The van der Waals surface area contributed by atoms with Crippen molar-refractivity contribution in [3.63, 3.8) is 0 Å². The molecule has 0 radical (unpaired) electrons. The van der Waals surface area contributed by atoms with Crippen LogP contribution >= 0.6 is 0 Å². The number of hydrogen-bond donors (Lipinski definition) is 5. The standard InChI is InChI=1S/C17H24N6O2/c18-17(19)21-9-11-1-3-12(4-2-11)16(25)22-14-5-7-20-15-13(14)6-8-23(15)10-24/h5-8,11-12,24H,1-4,9-10H2,(H4,18,19,21)(H,20,22,25)/t11-,12-. The van der Waals surface area contributed by atoms with Crippen LogP contribution in [0.15, 0.2) is 24.5 Å². The SMILES string of the molecule is N=C(N)NC[C@H]1CC[C@H](C(=O)Nc2ccnc3c2ccn3CO)CC1. The minimum Gasteiger partial charge on any atom is -0.376 e. The molecule has 134 valence electrons. The van der Waals surface area contributed by atoms with Gasteiger partial charge < -0.3 is 26.0 Å². The summed E-state index contributed by atoms with van der Waals surface area (Å²) in [6, 6.07) is 3.63. The van der Waals surface area contributed by atoms with Gasteiger partial charge in [0.25, 0.3) is 0 Å². The van der Waals surface area contributed by atoms with Gasteiger partial charge in [0, 0.05) is 30.2 Å². The molecule has 0 saturated heterocycles. The van der Waals surface area contributed by atoms with Gasteiger partial charge in [0.2, 0.25) is 5.91 Å². The number of pyridine rings is 1. The summed E-state index contributed by atoms with van der Waals surface area (Å²) in [4.78, 5) is 16.9. The second-order valence-corrected chi connectivity index (χ2v) is 6.52. The normalized spacial score (nSPS) is 20.4. The highest BCUT2D eigenvalue weighted by atomic mass is 16.3. The van der Waals surface area contributed by atoms with E-state index in [0.29, 0.717) is 18.1 Å². The molecule has 0 atom stereocenters. The Bertz CT molecular complexity index is 764. The van der Waals surface area contributed by atoms with Crippen molar-refractivity contribution in [3.05, 3.63) is 24.5 Å². The fraction of sp³-hybridized carbons (Fsp3) is 0.471. The van der Waals surface area contributed by atoms with E-state index in [1.54, 1.807) is 23.0 Å². The van der Waals surface area contributed by atoms with Crippen molar-refractivity contribution in [2.75, 3.05) is 11.9 Å². The van der Waals surface area contributed by atoms with Gasteiger partial charge in [-0.05, 0) is 43.7 Å². The number of carbonyl (C=O) groups is 1. The van der Waals surface area contributed by atoms with E-state index in [2.05, 4.69) is 15.6 Å². The van der Waals surface area contributed by atoms with Gasteiger partial charge in [0.15, 0.2) is 5.96 Å². The zero-order chi connectivity index (χ0) is 17.8. The van der Waals surface area contributed by atoms with Crippen LogP contribution in [0.5, 0.6) is 0 Å². The van der Waals surface area contributed by atoms with Crippen LogP contribution in [0.3, 0.4) is 0 Å². The van der Waals surface area contributed by atoms with Crippen molar-refractivity contribution >= 4 is 28.6 Å². The third kappa shape index (κ3) is 3.90. The summed E-state index contributed by atoms with van der Waals surface area (Å²) in [7, 11) is 0. The molecule has 0 bridgehead atoms. The molecule has 0 spiro atoms. The van der Waals surface area contributed by atoms with E-state index in [1.165, 1.54) is 0 Å². The van der Waals surface area contributed by atoms with E-state index in [9.17, 15) is 9.90 Å². The molecule has 0 unspecified atom stereocenters. The summed E-state index contributed by atoms with van der Waals surface area (Å²) in [5, 5.41) is 23.2. The number of anilines is 1. The Balaban J connectivity index is 1.60. The number of hydrogen-bond acceptors (Lipinski definition) is 4. The van der Waals surface area contributed by atoms with Crippen molar-refractivity contribution in [2.24, 2.45) is 17.6 Å². The van der Waals surface area contributed by atoms with Gasteiger partial charge in [-0.3, -0.25) is 10.2 Å². The van der Waals surface area contributed by atoms with E-state index in [4.69, 9.17) is 11.1 Å². The molecule has 1 fully saturated rings. The van der Waals surface area contributed by atoms with Crippen LogP contribution in [-0.2, 0) is 11.5 Å². The number of nitrogens with zero attached hydrogens (tertiary/aromatic N) is 2. The molecular formula is C17H24N6O2. The largest absolute Gasteiger partial charge is 0.376 e.